The molecule has 77 heavy (non-hydrogen) atoms. The Labute approximate surface area is 493 Å². The van der Waals surface area contributed by atoms with E-state index in [-0.39, 0.29) is 0 Å². The van der Waals surface area contributed by atoms with E-state index in [0.29, 0.717) is 0 Å². The maximum absolute atomic E-state index is 5.22. The first kappa shape index (κ1) is 64.3. The number of unbranched alkanes of at least 4 members (excludes halogenated alkanes) is 36. The molecule has 0 N–H and O–H groups in total. The Morgan fingerprint density at radius 2 is 0.649 bits per heavy atom. The number of aromatic nitrogens is 2. The molecule has 0 aliphatic heterocycles. The first-order valence-electron chi connectivity index (χ1n) is 33.0. The molecule has 0 radical (unpaired) electrons. The van der Waals surface area contributed by atoms with Crippen molar-refractivity contribution in [3.63, 3.8) is 0 Å². The highest BCUT2D eigenvalue weighted by Crippen LogP contribution is 2.50. The van der Waals surface area contributed by atoms with E-state index in [2.05, 4.69) is 99.8 Å². The summed E-state index contributed by atoms with van der Waals surface area (Å²) in [5.74, 6) is 0. The first-order valence-corrected chi connectivity index (χ1v) is 37.0. The minimum Gasteiger partial charge on any atom is -0.173 e. The Hall–Kier alpha value is -1.90. The van der Waals surface area contributed by atoms with Crippen molar-refractivity contribution in [1.82, 2.24) is 8.75 Å². The van der Waals surface area contributed by atoms with E-state index in [9.17, 15) is 0 Å². The number of hydrogen-bond donors (Lipinski definition) is 0. The second-order valence-corrected chi connectivity index (χ2v) is 28.8. The van der Waals surface area contributed by atoms with Crippen LogP contribution in [0.4, 0.5) is 0 Å². The van der Waals surface area contributed by atoms with Crippen LogP contribution in [-0.4, -0.2) is 8.75 Å². The molecule has 0 aliphatic carbocycles. The fourth-order valence-electron chi connectivity index (χ4n) is 12.3. The summed E-state index contributed by atoms with van der Waals surface area (Å²) in [5, 5.41) is 0. The van der Waals surface area contributed by atoms with E-state index in [1.807, 2.05) is 11.3 Å². The number of benzene rings is 1. The second-order valence-electron chi connectivity index (χ2n) is 23.8. The molecule has 0 fully saturated rings. The molecule has 0 spiro atoms. The first-order chi connectivity index (χ1) is 38.0. The van der Waals surface area contributed by atoms with E-state index in [1.54, 1.807) is 22.3 Å². The van der Waals surface area contributed by atoms with Gasteiger partial charge in [-0.05, 0) is 117 Å². The average Bonchev–Trinajstić information content (AvgIpc) is 4.38. The van der Waals surface area contributed by atoms with Gasteiger partial charge < -0.3 is 0 Å². The third kappa shape index (κ3) is 22.1. The van der Waals surface area contributed by atoms with Crippen LogP contribution in [0, 0.1) is 13.8 Å². The Bertz CT molecular complexity index is 2420. The summed E-state index contributed by atoms with van der Waals surface area (Å²) < 4.78 is 13.3. The highest BCUT2D eigenvalue weighted by Gasteiger charge is 2.25. The standard InChI is InChI=1S/C70H110N2S5/c1-7-11-15-19-23-27-31-35-39-43-47-57-51-55(5)73-69(57)64-53-61-62(74-64)54-65(75-61)70-58(48-44-40-36-32-28-24-20-16-12-8-2)52-63(76-70)66-60(50-46-42-38-34-30-26-22-18-14-10-4)59(56(6)67-68(66)72-77-71-67)49-45-41-37-33-29-25-21-17-13-9-3/h51-54H,7-50H2,1-6H3. The van der Waals surface area contributed by atoms with Gasteiger partial charge in [-0.1, -0.05) is 259 Å². The maximum Gasteiger partial charge on any atom is 0.113 e. The lowest BCUT2D eigenvalue weighted by atomic mass is 9.87. The van der Waals surface area contributed by atoms with Gasteiger partial charge in [-0.3, -0.25) is 0 Å². The number of hydrogen-bond acceptors (Lipinski definition) is 7. The van der Waals surface area contributed by atoms with Crippen LogP contribution >= 0.6 is 57.1 Å². The maximum atomic E-state index is 5.22. The van der Waals surface area contributed by atoms with Gasteiger partial charge in [-0.2, -0.15) is 8.75 Å². The summed E-state index contributed by atoms with van der Waals surface area (Å²) in [6.07, 6.45) is 60.0. The van der Waals surface area contributed by atoms with Gasteiger partial charge >= 0.3 is 0 Å². The molecule has 0 saturated carbocycles. The molecule has 2 nitrogen and oxygen atoms in total. The molecule has 0 aliphatic rings. The predicted octanol–water partition coefficient (Wildman–Crippen LogP) is 26.6. The second kappa shape index (κ2) is 38.7. The fraction of sp³-hybridized carbons (Fsp3) is 0.714. The molecule has 0 unspecified atom stereocenters. The van der Waals surface area contributed by atoms with Gasteiger partial charge in [0.25, 0.3) is 0 Å². The Morgan fingerprint density at radius 3 is 1.06 bits per heavy atom. The summed E-state index contributed by atoms with van der Waals surface area (Å²) in [4.78, 5) is 8.94. The van der Waals surface area contributed by atoms with Crippen molar-refractivity contribution >= 4 is 77.5 Å². The van der Waals surface area contributed by atoms with E-state index < -0.39 is 0 Å². The van der Waals surface area contributed by atoms with Crippen molar-refractivity contribution in [2.24, 2.45) is 0 Å². The predicted molar refractivity (Wildman–Crippen MR) is 354 cm³/mol. The molecule has 5 heterocycles. The number of thiophene rings is 4. The summed E-state index contributed by atoms with van der Waals surface area (Å²) in [7, 11) is 0. The number of aryl methyl sites for hydroxylation is 4. The lowest BCUT2D eigenvalue weighted by Gasteiger charge is -2.18. The molecule has 5 aromatic heterocycles. The van der Waals surface area contributed by atoms with Crippen LogP contribution in [-0.2, 0) is 25.7 Å². The van der Waals surface area contributed by atoms with Gasteiger partial charge in [0, 0.05) is 44.2 Å². The van der Waals surface area contributed by atoms with Crippen LogP contribution < -0.4 is 0 Å². The van der Waals surface area contributed by atoms with Crippen LogP contribution in [0.2, 0.25) is 0 Å². The molecule has 6 rings (SSSR count). The summed E-state index contributed by atoms with van der Waals surface area (Å²) in [6, 6.07) is 10.3. The molecule has 430 valence electrons. The number of rotatable bonds is 47. The van der Waals surface area contributed by atoms with Crippen LogP contribution in [0.3, 0.4) is 0 Å². The van der Waals surface area contributed by atoms with Crippen molar-refractivity contribution in [1.29, 1.82) is 0 Å². The third-order valence-corrected chi connectivity index (χ3v) is 22.5. The molecular weight excluding hydrogens is 1030 g/mol. The van der Waals surface area contributed by atoms with Gasteiger partial charge in [0.1, 0.15) is 11.0 Å². The number of nitrogens with zero attached hydrogens (tertiary/aromatic N) is 2. The lowest BCUT2D eigenvalue weighted by Crippen LogP contribution is -2.03. The molecule has 1 aromatic carbocycles. The summed E-state index contributed by atoms with van der Waals surface area (Å²) in [5.41, 5.74) is 11.6. The Kier molecular flexibility index (Phi) is 32.3. The van der Waals surface area contributed by atoms with Crippen molar-refractivity contribution < 1.29 is 0 Å². The zero-order chi connectivity index (χ0) is 54.1. The van der Waals surface area contributed by atoms with Gasteiger partial charge in [0.05, 0.1) is 11.7 Å². The quantitative estimate of drug-likeness (QED) is 0.0356. The van der Waals surface area contributed by atoms with Crippen LogP contribution in [0.5, 0.6) is 0 Å². The molecule has 0 bridgehead atoms. The van der Waals surface area contributed by atoms with E-state index in [0.717, 1.165) is 6.42 Å². The van der Waals surface area contributed by atoms with Crippen molar-refractivity contribution in [2.75, 3.05) is 0 Å². The lowest BCUT2D eigenvalue weighted by molar-refractivity contribution is 0.553. The molecule has 7 heteroatoms. The van der Waals surface area contributed by atoms with Crippen molar-refractivity contribution in [2.45, 2.75) is 324 Å². The monoisotopic (exact) mass is 1140 g/mol. The summed E-state index contributed by atoms with van der Waals surface area (Å²) >= 11 is 9.68. The smallest absolute Gasteiger partial charge is 0.113 e. The summed E-state index contributed by atoms with van der Waals surface area (Å²) in [6.45, 7) is 14.0. The minimum absolute atomic E-state index is 1.16. The molecular formula is C70H110N2S5. The van der Waals surface area contributed by atoms with Gasteiger partial charge in [-0.15, -0.1) is 45.3 Å². The fourth-order valence-corrected chi connectivity index (χ4v) is 17.9. The van der Waals surface area contributed by atoms with Crippen molar-refractivity contribution in [3.05, 3.63) is 57.0 Å². The van der Waals surface area contributed by atoms with Crippen LogP contribution in [0.25, 0.3) is 50.4 Å². The highest BCUT2D eigenvalue weighted by molar-refractivity contribution is 7.33. The molecule has 6 aromatic rings. The molecule has 0 amide bonds. The van der Waals surface area contributed by atoms with Gasteiger partial charge in [0.15, 0.2) is 0 Å². The molecule has 0 saturated heterocycles. The largest absolute Gasteiger partial charge is 0.173 e. The van der Waals surface area contributed by atoms with E-state index in [1.165, 1.54) is 349 Å². The zero-order valence-corrected chi connectivity index (χ0v) is 54.4. The Morgan fingerprint density at radius 1 is 0.312 bits per heavy atom. The van der Waals surface area contributed by atoms with Gasteiger partial charge in [0.2, 0.25) is 0 Å². The van der Waals surface area contributed by atoms with E-state index in [4.69, 9.17) is 8.75 Å². The van der Waals surface area contributed by atoms with Crippen molar-refractivity contribution in [3.8, 4) is 29.9 Å². The van der Waals surface area contributed by atoms with Crippen LogP contribution in [0.1, 0.15) is 317 Å². The van der Waals surface area contributed by atoms with Crippen LogP contribution in [0.15, 0.2) is 24.3 Å². The molecule has 0 atom stereocenters. The SMILES string of the molecule is CCCCCCCCCCCCc1cc(C)sc1-c1cc2sc(-c3sc(-c4c(CCCCCCCCCCCC)c(CCCCCCCCCCCC)c(C)c5nsnc45)cc3CCCCCCCCCCCC)cc2s1. The number of fused-ring (bicyclic) bond motifs is 2. The normalized spacial score (nSPS) is 12.0. The Balaban J connectivity index is 1.23. The highest BCUT2D eigenvalue weighted by atomic mass is 32.1. The zero-order valence-electron chi connectivity index (χ0n) is 50.4. The third-order valence-electron chi connectivity index (χ3n) is 17.0. The van der Waals surface area contributed by atoms with Gasteiger partial charge in [-0.25, -0.2) is 0 Å². The average molecular weight is 1140 g/mol. The van der Waals surface area contributed by atoms with E-state index >= 15 is 0 Å². The minimum atomic E-state index is 1.16. The topological polar surface area (TPSA) is 25.8 Å².